The van der Waals surface area contributed by atoms with Crippen LogP contribution < -0.4 is 5.32 Å². The molecule has 1 aliphatic heterocycles. The van der Waals surface area contributed by atoms with Crippen molar-refractivity contribution in [1.82, 2.24) is 10.2 Å². The minimum atomic E-state index is -0.777. The molecule has 3 rings (SSSR count). The van der Waals surface area contributed by atoms with Crippen LogP contribution in [0.5, 0.6) is 0 Å². The van der Waals surface area contributed by atoms with E-state index < -0.39 is 35.8 Å². The van der Waals surface area contributed by atoms with Crippen molar-refractivity contribution >= 4 is 17.8 Å². The van der Waals surface area contributed by atoms with Gasteiger partial charge in [0.15, 0.2) is 0 Å². The number of hydrogen-bond acceptors (Lipinski definition) is 5. The molecule has 7 heteroatoms. The van der Waals surface area contributed by atoms with E-state index in [1.807, 2.05) is 56.3 Å². The normalized spacial score (nSPS) is 27.2. The van der Waals surface area contributed by atoms with Crippen molar-refractivity contribution in [1.29, 1.82) is 0 Å². The molecule has 0 spiro atoms. The van der Waals surface area contributed by atoms with E-state index in [0.717, 1.165) is 18.4 Å². The van der Waals surface area contributed by atoms with Crippen molar-refractivity contribution in [2.45, 2.75) is 52.1 Å². The molecule has 33 heavy (non-hydrogen) atoms. The van der Waals surface area contributed by atoms with Crippen molar-refractivity contribution < 1.29 is 24.2 Å². The molecular weight excluding hydrogens is 420 g/mol. The lowest BCUT2D eigenvalue weighted by molar-refractivity contribution is -0.155. The van der Waals surface area contributed by atoms with Gasteiger partial charge >= 0.3 is 5.97 Å². The molecule has 180 valence electrons. The summed E-state index contributed by atoms with van der Waals surface area (Å²) in [6.45, 7) is 6.16. The zero-order valence-corrected chi connectivity index (χ0v) is 19.8. The molecule has 0 unspecified atom stereocenters. The molecule has 1 saturated heterocycles. The van der Waals surface area contributed by atoms with E-state index in [9.17, 15) is 19.5 Å². The van der Waals surface area contributed by atoms with Gasteiger partial charge in [-0.15, -0.1) is 0 Å². The standard InChI is InChI=1S/C26H36N2O5/c1-4-6-14-27-24(30)23-20-13-12-17(3)21(26(32)33-5-2)22(20)25(31)28(23)19(16-29)15-18-10-8-7-9-11-18/h7-13,17,19-23,29H,4-6,14-16H2,1-3H3,(H,27,30)/t17-,19-,20+,21-,22+,23+/m1/s1. The molecule has 1 heterocycles. The van der Waals surface area contributed by atoms with Gasteiger partial charge in [-0.2, -0.15) is 0 Å². The Bertz CT molecular complexity index is 855. The molecule has 1 fully saturated rings. The fourth-order valence-electron chi connectivity index (χ4n) is 5.16. The van der Waals surface area contributed by atoms with Crippen molar-refractivity contribution in [3.63, 3.8) is 0 Å². The van der Waals surface area contributed by atoms with Crippen LogP contribution in [0.4, 0.5) is 0 Å². The van der Waals surface area contributed by atoms with E-state index in [-0.39, 0.29) is 30.9 Å². The number of amides is 2. The van der Waals surface area contributed by atoms with Gasteiger partial charge in [0.05, 0.1) is 31.1 Å². The number of unbranched alkanes of at least 4 members (excludes halogenated alkanes) is 1. The number of ether oxygens (including phenoxy) is 1. The molecule has 2 amide bonds. The molecule has 6 atom stereocenters. The largest absolute Gasteiger partial charge is 0.466 e. The van der Waals surface area contributed by atoms with E-state index in [2.05, 4.69) is 5.32 Å². The van der Waals surface area contributed by atoms with E-state index in [1.165, 1.54) is 4.90 Å². The van der Waals surface area contributed by atoms with Crippen LogP contribution in [0.15, 0.2) is 42.5 Å². The number of nitrogens with zero attached hydrogens (tertiary/aromatic N) is 1. The van der Waals surface area contributed by atoms with E-state index >= 15 is 0 Å². The van der Waals surface area contributed by atoms with Crippen LogP contribution in [0, 0.1) is 23.7 Å². The number of aliphatic hydroxyl groups is 1. The first-order chi connectivity index (χ1) is 15.9. The molecule has 0 aromatic heterocycles. The quantitative estimate of drug-likeness (QED) is 0.320. The van der Waals surface area contributed by atoms with Crippen molar-refractivity contribution in [3.8, 4) is 0 Å². The Labute approximate surface area is 196 Å². The summed E-state index contributed by atoms with van der Waals surface area (Å²) in [5.41, 5.74) is 0.968. The van der Waals surface area contributed by atoms with Gasteiger partial charge in [0, 0.05) is 12.5 Å². The Morgan fingerprint density at radius 3 is 2.55 bits per heavy atom. The Morgan fingerprint density at radius 2 is 1.91 bits per heavy atom. The number of carbonyl (C=O) groups excluding carboxylic acids is 3. The highest BCUT2D eigenvalue weighted by Gasteiger charge is 2.58. The highest BCUT2D eigenvalue weighted by molar-refractivity contribution is 5.96. The third-order valence-corrected chi connectivity index (χ3v) is 6.78. The number of carbonyl (C=O) groups is 3. The molecule has 1 aromatic carbocycles. The number of aliphatic hydroxyl groups excluding tert-OH is 1. The summed E-state index contributed by atoms with van der Waals surface area (Å²) >= 11 is 0. The van der Waals surface area contributed by atoms with Gasteiger partial charge in [-0.25, -0.2) is 0 Å². The van der Waals surface area contributed by atoms with E-state index in [1.54, 1.807) is 6.92 Å². The number of rotatable bonds is 10. The van der Waals surface area contributed by atoms with Gasteiger partial charge in [-0.05, 0) is 31.2 Å². The zero-order valence-electron chi connectivity index (χ0n) is 19.8. The Hall–Kier alpha value is -2.67. The predicted octanol–water partition coefficient (Wildman–Crippen LogP) is 2.33. The monoisotopic (exact) mass is 456 g/mol. The second kappa shape index (κ2) is 11.5. The molecule has 0 bridgehead atoms. The predicted molar refractivity (Wildman–Crippen MR) is 125 cm³/mol. The highest BCUT2D eigenvalue weighted by Crippen LogP contribution is 2.45. The van der Waals surface area contributed by atoms with Crippen LogP contribution in [-0.4, -0.2) is 59.6 Å². The maximum atomic E-state index is 13.8. The van der Waals surface area contributed by atoms with Gasteiger partial charge in [-0.3, -0.25) is 14.4 Å². The summed E-state index contributed by atoms with van der Waals surface area (Å²) < 4.78 is 5.31. The maximum Gasteiger partial charge on any atom is 0.310 e. The molecular formula is C26H36N2O5. The molecule has 1 aliphatic carbocycles. The fraction of sp³-hybridized carbons (Fsp3) is 0.577. The summed E-state index contributed by atoms with van der Waals surface area (Å²) in [6, 6.07) is 8.26. The van der Waals surface area contributed by atoms with Crippen LogP contribution in [0.3, 0.4) is 0 Å². The summed E-state index contributed by atoms with van der Waals surface area (Å²) in [5.74, 6) is -2.88. The average molecular weight is 457 g/mol. The number of esters is 1. The second-order valence-electron chi connectivity index (χ2n) is 8.99. The first-order valence-corrected chi connectivity index (χ1v) is 12.0. The first-order valence-electron chi connectivity index (χ1n) is 12.0. The highest BCUT2D eigenvalue weighted by atomic mass is 16.5. The number of hydrogen-bond donors (Lipinski definition) is 2. The van der Waals surface area contributed by atoms with Gasteiger partial charge in [0.1, 0.15) is 6.04 Å². The van der Waals surface area contributed by atoms with Crippen LogP contribution in [0.2, 0.25) is 0 Å². The second-order valence-corrected chi connectivity index (χ2v) is 8.99. The number of allylic oxidation sites excluding steroid dienone is 1. The molecule has 1 aromatic rings. The Morgan fingerprint density at radius 1 is 1.18 bits per heavy atom. The average Bonchev–Trinajstić information content (AvgIpc) is 3.10. The van der Waals surface area contributed by atoms with Crippen molar-refractivity contribution in [2.24, 2.45) is 23.7 Å². The van der Waals surface area contributed by atoms with Gasteiger partial charge < -0.3 is 20.1 Å². The van der Waals surface area contributed by atoms with Gasteiger partial charge in [0.2, 0.25) is 11.8 Å². The number of likely N-dealkylation sites (tertiary alicyclic amines) is 1. The lowest BCUT2D eigenvalue weighted by Gasteiger charge is -2.33. The SMILES string of the molecule is CCCCNC(=O)[C@@H]1[C@H]2C=C[C@@H](C)[C@@H](C(=O)OCC)[C@H]2C(=O)N1[C@@H](CO)Cc1ccccc1. The molecule has 7 nitrogen and oxygen atoms in total. The summed E-state index contributed by atoms with van der Waals surface area (Å²) in [5, 5.41) is 13.3. The minimum Gasteiger partial charge on any atom is -0.466 e. The summed E-state index contributed by atoms with van der Waals surface area (Å²) in [4.78, 5) is 41.6. The summed E-state index contributed by atoms with van der Waals surface area (Å²) in [7, 11) is 0. The zero-order chi connectivity index (χ0) is 24.0. The first kappa shape index (κ1) is 25.0. The smallest absolute Gasteiger partial charge is 0.310 e. The van der Waals surface area contributed by atoms with Gasteiger partial charge in [-0.1, -0.05) is 62.8 Å². The lowest BCUT2D eigenvalue weighted by Crippen LogP contribution is -2.53. The Kier molecular flexibility index (Phi) is 8.67. The fourth-order valence-corrected chi connectivity index (χ4v) is 5.16. The van der Waals surface area contributed by atoms with E-state index in [0.29, 0.717) is 13.0 Å². The Balaban J connectivity index is 1.98. The summed E-state index contributed by atoms with van der Waals surface area (Å²) in [6.07, 6.45) is 6.02. The molecule has 2 aliphatic rings. The van der Waals surface area contributed by atoms with Crippen LogP contribution in [0.25, 0.3) is 0 Å². The number of fused-ring (bicyclic) bond motifs is 1. The van der Waals surface area contributed by atoms with Crippen LogP contribution >= 0.6 is 0 Å². The number of nitrogens with one attached hydrogen (secondary N) is 1. The topological polar surface area (TPSA) is 95.9 Å². The number of benzene rings is 1. The minimum absolute atomic E-state index is 0.181. The third kappa shape index (κ3) is 5.29. The van der Waals surface area contributed by atoms with Crippen LogP contribution in [-0.2, 0) is 25.5 Å². The lowest BCUT2D eigenvalue weighted by atomic mass is 9.70. The van der Waals surface area contributed by atoms with Crippen molar-refractivity contribution in [2.75, 3.05) is 19.8 Å². The molecule has 2 N–H and O–H groups in total. The van der Waals surface area contributed by atoms with Crippen molar-refractivity contribution in [3.05, 3.63) is 48.0 Å². The third-order valence-electron chi connectivity index (χ3n) is 6.78. The molecule has 0 saturated carbocycles. The van der Waals surface area contributed by atoms with E-state index in [4.69, 9.17) is 4.74 Å². The van der Waals surface area contributed by atoms with Gasteiger partial charge in [0.25, 0.3) is 0 Å². The van der Waals surface area contributed by atoms with Crippen LogP contribution in [0.1, 0.15) is 39.2 Å². The molecule has 0 radical (unpaired) electrons. The maximum absolute atomic E-state index is 13.8.